The smallest absolute Gasteiger partial charge is 0.166 e. The van der Waals surface area contributed by atoms with E-state index in [2.05, 4.69) is 10.7 Å². The summed E-state index contributed by atoms with van der Waals surface area (Å²) in [5.41, 5.74) is 11.1. The molecule has 0 aliphatic rings. The second kappa shape index (κ2) is 8.67. The Morgan fingerprint density at radius 3 is 2.61 bits per heavy atom. The molecule has 1 unspecified atom stereocenters. The Morgan fingerprint density at radius 1 is 1.35 bits per heavy atom. The van der Waals surface area contributed by atoms with E-state index in [4.69, 9.17) is 39.1 Å². The second-order valence-electron chi connectivity index (χ2n) is 4.31. The number of nitrogen functional groups attached to an aromatic ring is 1. The van der Waals surface area contributed by atoms with Gasteiger partial charge in [0.1, 0.15) is 11.9 Å². The van der Waals surface area contributed by atoms with Crippen molar-refractivity contribution < 1.29 is 9.13 Å². The SMILES string of the molecule is CC(Oc1cc(C=N)cnc1N)c1c(Cl)ccc(F)c1Cl.CN. The molecule has 0 aliphatic heterocycles. The molecular weight excluding hydrogens is 342 g/mol. The summed E-state index contributed by atoms with van der Waals surface area (Å²) in [6, 6.07) is 4.16. The minimum Gasteiger partial charge on any atom is -0.482 e. The van der Waals surface area contributed by atoms with Gasteiger partial charge in [-0.05, 0) is 32.2 Å². The van der Waals surface area contributed by atoms with Crippen molar-refractivity contribution in [2.24, 2.45) is 5.73 Å². The highest BCUT2D eigenvalue weighted by Gasteiger charge is 2.19. The number of anilines is 1. The molecule has 0 bridgehead atoms. The number of nitrogens with two attached hydrogens (primary N) is 2. The fraction of sp³-hybridized carbons (Fsp3) is 0.200. The molecule has 1 aromatic heterocycles. The van der Waals surface area contributed by atoms with Crippen molar-refractivity contribution in [3.63, 3.8) is 0 Å². The maximum atomic E-state index is 13.5. The monoisotopic (exact) mass is 358 g/mol. The molecule has 5 N–H and O–H groups in total. The summed E-state index contributed by atoms with van der Waals surface area (Å²) in [5, 5.41) is 7.40. The van der Waals surface area contributed by atoms with Crippen LogP contribution >= 0.6 is 23.2 Å². The first-order valence-corrected chi connectivity index (χ1v) is 7.33. The van der Waals surface area contributed by atoms with Gasteiger partial charge in [-0.1, -0.05) is 23.2 Å². The zero-order valence-electron chi connectivity index (χ0n) is 12.6. The van der Waals surface area contributed by atoms with Gasteiger partial charge in [0.15, 0.2) is 11.6 Å². The van der Waals surface area contributed by atoms with Gasteiger partial charge in [0, 0.05) is 28.6 Å². The first-order valence-electron chi connectivity index (χ1n) is 6.57. The maximum absolute atomic E-state index is 13.5. The van der Waals surface area contributed by atoms with Crippen LogP contribution in [0.15, 0.2) is 24.4 Å². The number of ether oxygens (including phenoxy) is 1. The highest BCUT2D eigenvalue weighted by Crippen LogP contribution is 2.35. The first kappa shape index (κ1) is 19.2. The molecule has 2 aromatic rings. The lowest BCUT2D eigenvalue weighted by atomic mass is 10.1. The van der Waals surface area contributed by atoms with Crippen LogP contribution in [0.5, 0.6) is 5.75 Å². The minimum atomic E-state index is -0.634. The summed E-state index contributed by atoms with van der Waals surface area (Å²) in [5.74, 6) is -0.137. The largest absolute Gasteiger partial charge is 0.482 e. The number of hydrogen-bond donors (Lipinski definition) is 3. The molecule has 0 aliphatic carbocycles. The fourth-order valence-electron chi connectivity index (χ4n) is 1.81. The van der Waals surface area contributed by atoms with Crippen LogP contribution in [0.1, 0.15) is 24.2 Å². The Morgan fingerprint density at radius 2 is 2.00 bits per heavy atom. The number of nitrogens with one attached hydrogen (secondary N) is 1. The molecule has 23 heavy (non-hydrogen) atoms. The number of rotatable bonds is 4. The van der Waals surface area contributed by atoms with Gasteiger partial charge in [0.2, 0.25) is 0 Å². The number of pyridine rings is 1. The highest BCUT2D eigenvalue weighted by molar-refractivity contribution is 6.36. The Hall–Kier alpha value is -1.89. The Bertz CT molecular complexity index is 697. The van der Waals surface area contributed by atoms with Crippen LogP contribution in [-0.4, -0.2) is 18.2 Å². The van der Waals surface area contributed by atoms with Crippen LogP contribution in [0, 0.1) is 11.2 Å². The van der Waals surface area contributed by atoms with Gasteiger partial charge in [-0.3, -0.25) is 0 Å². The van der Waals surface area contributed by atoms with E-state index in [1.165, 1.54) is 25.4 Å². The molecule has 124 valence electrons. The third-order valence-electron chi connectivity index (χ3n) is 2.86. The van der Waals surface area contributed by atoms with Gasteiger partial charge >= 0.3 is 0 Å². The zero-order chi connectivity index (χ0) is 17.6. The molecule has 0 spiro atoms. The van der Waals surface area contributed by atoms with Crippen molar-refractivity contribution >= 4 is 35.2 Å². The number of benzene rings is 1. The van der Waals surface area contributed by atoms with Crippen molar-refractivity contribution in [3.05, 3.63) is 51.4 Å². The van der Waals surface area contributed by atoms with Crippen LogP contribution in [-0.2, 0) is 0 Å². The van der Waals surface area contributed by atoms with E-state index in [-0.39, 0.29) is 16.6 Å². The zero-order valence-corrected chi connectivity index (χ0v) is 14.1. The molecule has 2 rings (SSSR count). The molecule has 0 saturated heterocycles. The Balaban J connectivity index is 0.00000127. The predicted octanol–water partition coefficient (Wildman–Crippen LogP) is 3.82. The van der Waals surface area contributed by atoms with E-state index in [0.29, 0.717) is 16.1 Å². The van der Waals surface area contributed by atoms with Crippen molar-refractivity contribution in [2.45, 2.75) is 13.0 Å². The van der Waals surface area contributed by atoms with E-state index in [0.717, 1.165) is 6.21 Å². The average molecular weight is 359 g/mol. The van der Waals surface area contributed by atoms with Crippen molar-refractivity contribution in [1.29, 1.82) is 5.41 Å². The fourth-order valence-corrected chi connectivity index (χ4v) is 2.49. The van der Waals surface area contributed by atoms with E-state index in [1.807, 2.05) is 0 Å². The molecule has 0 radical (unpaired) electrons. The molecule has 0 amide bonds. The Kier molecular flexibility index (Phi) is 7.22. The summed E-state index contributed by atoms with van der Waals surface area (Å²) in [6.07, 6.45) is 1.93. The van der Waals surface area contributed by atoms with Gasteiger partial charge < -0.3 is 21.6 Å². The molecule has 1 heterocycles. The summed E-state index contributed by atoms with van der Waals surface area (Å²) in [7, 11) is 1.50. The molecular formula is C15H17Cl2FN4O. The van der Waals surface area contributed by atoms with Crippen molar-refractivity contribution in [2.75, 3.05) is 12.8 Å². The number of hydrogen-bond acceptors (Lipinski definition) is 5. The van der Waals surface area contributed by atoms with E-state index in [9.17, 15) is 4.39 Å². The van der Waals surface area contributed by atoms with Gasteiger partial charge in [0.25, 0.3) is 0 Å². The van der Waals surface area contributed by atoms with E-state index < -0.39 is 11.9 Å². The normalized spacial score (nSPS) is 11.2. The van der Waals surface area contributed by atoms with Gasteiger partial charge in [-0.25, -0.2) is 9.37 Å². The number of aromatic nitrogens is 1. The first-order chi connectivity index (χ1) is 10.9. The molecule has 8 heteroatoms. The molecule has 1 aromatic carbocycles. The lowest BCUT2D eigenvalue weighted by Gasteiger charge is -2.19. The van der Waals surface area contributed by atoms with Crippen molar-refractivity contribution in [1.82, 2.24) is 4.98 Å². The highest BCUT2D eigenvalue weighted by atomic mass is 35.5. The molecule has 5 nitrogen and oxygen atoms in total. The third-order valence-corrected chi connectivity index (χ3v) is 3.57. The van der Waals surface area contributed by atoms with Crippen LogP contribution in [0.25, 0.3) is 0 Å². The average Bonchev–Trinajstić information content (AvgIpc) is 2.55. The summed E-state index contributed by atoms with van der Waals surface area (Å²) in [4.78, 5) is 3.92. The molecule has 0 fully saturated rings. The number of halogens is 3. The van der Waals surface area contributed by atoms with Gasteiger partial charge in [-0.2, -0.15) is 0 Å². The van der Waals surface area contributed by atoms with Crippen LogP contribution < -0.4 is 16.2 Å². The second-order valence-corrected chi connectivity index (χ2v) is 5.10. The third kappa shape index (κ3) is 4.54. The van der Waals surface area contributed by atoms with Gasteiger partial charge in [-0.15, -0.1) is 0 Å². The Labute approximate surface area is 143 Å². The summed E-state index contributed by atoms with van der Waals surface area (Å²) in [6.45, 7) is 1.67. The van der Waals surface area contributed by atoms with E-state index >= 15 is 0 Å². The molecule has 0 saturated carbocycles. The minimum absolute atomic E-state index is 0.0928. The quantitative estimate of drug-likeness (QED) is 0.571. The van der Waals surface area contributed by atoms with Crippen LogP contribution in [0.2, 0.25) is 10.0 Å². The number of nitrogens with zero attached hydrogens (tertiary/aromatic N) is 1. The van der Waals surface area contributed by atoms with Crippen LogP contribution in [0.4, 0.5) is 10.2 Å². The predicted molar refractivity (Wildman–Crippen MR) is 92.1 cm³/mol. The van der Waals surface area contributed by atoms with Gasteiger partial charge in [0.05, 0.1) is 5.02 Å². The summed E-state index contributed by atoms with van der Waals surface area (Å²) < 4.78 is 19.2. The maximum Gasteiger partial charge on any atom is 0.166 e. The summed E-state index contributed by atoms with van der Waals surface area (Å²) >= 11 is 12.0. The van der Waals surface area contributed by atoms with E-state index in [1.54, 1.807) is 13.0 Å². The molecule has 1 atom stereocenters. The van der Waals surface area contributed by atoms with Crippen molar-refractivity contribution in [3.8, 4) is 5.75 Å². The standard InChI is InChI=1S/C14H12Cl2FN3O.CH5N/c1-7(12-9(15)2-3-10(17)13(12)16)21-11-4-8(5-18)6-20-14(11)19;1-2/h2-7,18H,1H3,(H2,19,20);2H2,1H3. The lowest BCUT2D eigenvalue weighted by molar-refractivity contribution is 0.227. The lowest BCUT2D eigenvalue weighted by Crippen LogP contribution is -2.08. The van der Waals surface area contributed by atoms with Crippen LogP contribution in [0.3, 0.4) is 0 Å². The topological polar surface area (TPSA) is 98.0 Å².